The highest BCUT2D eigenvalue weighted by atomic mass is 32.2. The monoisotopic (exact) mass is 314 g/mol. The number of rotatable bonds is 6. The lowest BCUT2D eigenvalue weighted by molar-refractivity contribution is 0.384. The summed E-state index contributed by atoms with van der Waals surface area (Å²) in [4.78, 5) is 0.129. The smallest absolute Gasteiger partial charge is 0.246 e. The zero-order valence-electron chi connectivity index (χ0n) is 12.6. The zero-order valence-corrected chi connectivity index (χ0v) is 13.4. The van der Waals surface area contributed by atoms with Crippen LogP contribution in [0.2, 0.25) is 0 Å². The molecule has 0 aliphatic carbocycles. The molecule has 6 nitrogen and oxygen atoms in total. The standard InChI is InChI=1S/C14H22N2O4S/c1-16(10-11-5-4-8-15-11)21(17,18)14-9-12(19-2)6-7-13(14)20-3/h6-7,9,11,15H,4-5,8,10H2,1-3H3. The third kappa shape index (κ3) is 3.48. The van der Waals surface area contributed by atoms with Crippen molar-refractivity contribution in [2.75, 3.05) is 34.4 Å². The van der Waals surface area contributed by atoms with Gasteiger partial charge in [-0.1, -0.05) is 0 Å². The largest absolute Gasteiger partial charge is 0.497 e. The summed E-state index contributed by atoms with van der Waals surface area (Å²) < 4.78 is 37.1. The van der Waals surface area contributed by atoms with E-state index in [1.807, 2.05) is 0 Å². The van der Waals surface area contributed by atoms with Crippen LogP contribution >= 0.6 is 0 Å². The minimum absolute atomic E-state index is 0.129. The van der Waals surface area contributed by atoms with E-state index in [1.54, 1.807) is 19.2 Å². The highest BCUT2D eigenvalue weighted by molar-refractivity contribution is 7.89. The molecule has 0 amide bonds. The second-order valence-corrected chi connectivity index (χ2v) is 7.11. The lowest BCUT2D eigenvalue weighted by atomic mass is 10.2. The molecule has 1 aliphatic heterocycles. The van der Waals surface area contributed by atoms with Gasteiger partial charge in [0.2, 0.25) is 10.0 Å². The average molecular weight is 314 g/mol. The van der Waals surface area contributed by atoms with Crippen molar-refractivity contribution in [3.05, 3.63) is 18.2 Å². The fourth-order valence-electron chi connectivity index (χ4n) is 2.47. The minimum atomic E-state index is -3.61. The highest BCUT2D eigenvalue weighted by Crippen LogP contribution is 2.30. The van der Waals surface area contributed by atoms with Gasteiger partial charge in [0, 0.05) is 25.7 Å². The summed E-state index contributed by atoms with van der Waals surface area (Å²) in [5.41, 5.74) is 0. The number of nitrogens with one attached hydrogen (secondary N) is 1. The molecule has 1 atom stereocenters. The van der Waals surface area contributed by atoms with Crippen LogP contribution in [0, 0.1) is 0 Å². The molecule has 2 rings (SSSR count). The van der Waals surface area contributed by atoms with Crippen LogP contribution in [-0.4, -0.2) is 53.1 Å². The van der Waals surface area contributed by atoms with E-state index in [4.69, 9.17) is 9.47 Å². The Morgan fingerprint density at radius 2 is 2.10 bits per heavy atom. The van der Waals surface area contributed by atoms with Crippen molar-refractivity contribution in [1.82, 2.24) is 9.62 Å². The molecule has 0 spiro atoms. The van der Waals surface area contributed by atoms with Crippen molar-refractivity contribution < 1.29 is 17.9 Å². The van der Waals surface area contributed by atoms with E-state index in [9.17, 15) is 8.42 Å². The molecule has 1 fully saturated rings. The van der Waals surface area contributed by atoms with Gasteiger partial charge in [-0.15, -0.1) is 0 Å². The lowest BCUT2D eigenvalue weighted by Crippen LogP contribution is -2.38. The van der Waals surface area contributed by atoms with E-state index in [1.165, 1.54) is 24.6 Å². The van der Waals surface area contributed by atoms with Gasteiger partial charge < -0.3 is 14.8 Å². The van der Waals surface area contributed by atoms with Gasteiger partial charge in [-0.25, -0.2) is 8.42 Å². The summed E-state index contributed by atoms with van der Waals surface area (Å²) in [5.74, 6) is 0.809. The fourth-order valence-corrected chi connectivity index (χ4v) is 3.86. The summed E-state index contributed by atoms with van der Waals surface area (Å²) in [5, 5.41) is 3.30. The van der Waals surface area contributed by atoms with Crippen LogP contribution in [0.1, 0.15) is 12.8 Å². The van der Waals surface area contributed by atoms with Crippen LogP contribution in [0.3, 0.4) is 0 Å². The molecule has 1 aromatic rings. The number of nitrogens with zero attached hydrogens (tertiary/aromatic N) is 1. The first-order chi connectivity index (χ1) is 9.98. The minimum Gasteiger partial charge on any atom is -0.497 e. The average Bonchev–Trinajstić information content (AvgIpc) is 2.99. The number of ether oxygens (including phenoxy) is 2. The molecule has 0 radical (unpaired) electrons. The first-order valence-corrected chi connectivity index (χ1v) is 8.35. The van der Waals surface area contributed by atoms with Crippen LogP contribution in [0.4, 0.5) is 0 Å². The Morgan fingerprint density at radius 3 is 2.67 bits per heavy atom. The Bertz CT molecular complexity index is 583. The van der Waals surface area contributed by atoms with Gasteiger partial charge in [0.25, 0.3) is 0 Å². The number of hydrogen-bond donors (Lipinski definition) is 1. The normalized spacial score (nSPS) is 19.0. The predicted molar refractivity (Wildman–Crippen MR) is 80.4 cm³/mol. The SMILES string of the molecule is COc1ccc(OC)c(S(=O)(=O)N(C)CC2CCCN2)c1. The van der Waals surface area contributed by atoms with Gasteiger partial charge >= 0.3 is 0 Å². The summed E-state index contributed by atoms with van der Waals surface area (Å²) in [6.45, 7) is 1.39. The van der Waals surface area contributed by atoms with Crippen molar-refractivity contribution in [3.8, 4) is 11.5 Å². The van der Waals surface area contributed by atoms with E-state index in [0.717, 1.165) is 19.4 Å². The van der Waals surface area contributed by atoms with Gasteiger partial charge in [0.15, 0.2) is 0 Å². The summed E-state index contributed by atoms with van der Waals surface area (Å²) >= 11 is 0. The first-order valence-electron chi connectivity index (χ1n) is 6.90. The molecular formula is C14H22N2O4S. The molecule has 0 aromatic heterocycles. The number of methoxy groups -OCH3 is 2. The zero-order chi connectivity index (χ0) is 15.5. The summed E-state index contributed by atoms with van der Waals surface area (Å²) in [6, 6.07) is 4.98. The van der Waals surface area contributed by atoms with E-state index in [2.05, 4.69) is 5.32 Å². The van der Waals surface area contributed by atoms with Crippen molar-refractivity contribution in [2.45, 2.75) is 23.8 Å². The molecule has 1 saturated heterocycles. The molecule has 1 unspecified atom stereocenters. The molecule has 1 aliphatic rings. The Hall–Kier alpha value is -1.31. The number of likely N-dealkylation sites (N-methyl/N-ethyl adjacent to an activating group) is 1. The quantitative estimate of drug-likeness (QED) is 0.851. The molecule has 1 heterocycles. The van der Waals surface area contributed by atoms with Crippen molar-refractivity contribution >= 4 is 10.0 Å². The molecule has 0 saturated carbocycles. The van der Waals surface area contributed by atoms with Crippen molar-refractivity contribution in [1.29, 1.82) is 0 Å². The van der Waals surface area contributed by atoms with Gasteiger partial charge in [0.05, 0.1) is 14.2 Å². The maximum absolute atomic E-state index is 12.7. The van der Waals surface area contributed by atoms with Crippen molar-refractivity contribution in [2.24, 2.45) is 0 Å². The van der Waals surface area contributed by atoms with Crippen LogP contribution in [0.25, 0.3) is 0 Å². The topological polar surface area (TPSA) is 67.9 Å². The maximum atomic E-state index is 12.7. The number of hydrogen-bond acceptors (Lipinski definition) is 5. The highest BCUT2D eigenvalue weighted by Gasteiger charge is 2.28. The summed E-state index contributed by atoms with van der Waals surface area (Å²) in [7, 11) is 0.940. The van der Waals surface area contributed by atoms with Gasteiger partial charge in [0.1, 0.15) is 16.4 Å². The second kappa shape index (κ2) is 6.64. The number of benzene rings is 1. The maximum Gasteiger partial charge on any atom is 0.246 e. The molecular weight excluding hydrogens is 292 g/mol. The fraction of sp³-hybridized carbons (Fsp3) is 0.571. The van der Waals surface area contributed by atoms with E-state index in [-0.39, 0.29) is 10.9 Å². The van der Waals surface area contributed by atoms with Gasteiger partial charge in [-0.05, 0) is 31.5 Å². The van der Waals surface area contributed by atoms with Crippen LogP contribution in [0.15, 0.2) is 23.1 Å². The molecule has 0 bridgehead atoms. The molecule has 1 N–H and O–H groups in total. The Morgan fingerprint density at radius 1 is 1.33 bits per heavy atom. The van der Waals surface area contributed by atoms with Crippen LogP contribution in [-0.2, 0) is 10.0 Å². The van der Waals surface area contributed by atoms with E-state index < -0.39 is 10.0 Å². The van der Waals surface area contributed by atoms with Gasteiger partial charge in [-0.3, -0.25) is 0 Å². The van der Waals surface area contributed by atoms with E-state index in [0.29, 0.717) is 18.0 Å². The van der Waals surface area contributed by atoms with Crippen LogP contribution < -0.4 is 14.8 Å². The predicted octanol–water partition coefficient (Wildman–Crippen LogP) is 1.08. The summed E-state index contributed by atoms with van der Waals surface area (Å²) in [6.07, 6.45) is 2.08. The van der Waals surface area contributed by atoms with E-state index >= 15 is 0 Å². The Kier molecular flexibility index (Phi) is 5.08. The lowest BCUT2D eigenvalue weighted by Gasteiger charge is -2.22. The third-order valence-electron chi connectivity index (χ3n) is 3.70. The second-order valence-electron chi connectivity index (χ2n) is 5.10. The third-order valence-corrected chi connectivity index (χ3v) is 5.54. The first kappa shape index (κ1) is 16.1. The molecule has 118 valence electrons. The van der Waals surface area contributed by atoms with Crippen LogP contribution in [0.5, 0.6) is 11.5 Å². The Balaban J connectivity index is 2.28. The van der Waals surface area contributed by atoms with Crippen molar-refractivity contribution in [3.63, 3.8) is 0 Å². The van der Waals surface area contributed by atoms with Gasteiger partial charge in [-0.2, -0.15) is 4.31 Å². The molecule has 7 heteroatoms. The molecule has 21 heavy (non-hydrogen) atoms. The Labute approximate surface area is 126 Å². The molecule has 1 aromatic carbocycles. The number of sulfonamides is 1.